The summed E-state index contributed by atoms with van der Waals surface area (Å²) < 4.78 is 15.8. The van der Waals surface area contributed by atoms with E-state index in [-0.39, 0.29) is 17.0 Å². The van der Waals surface area contributed by atoms with Crippen molar-refractivity contribution in [3.05, 3.63) is 33.9 Å². The Morgan fingerprint density at radius 3 is 2.43 bits per heavy atom. The molecule has 1 aromatic carbocycles. The number of ether oxygens (including phenoxy) is 3. The summed E-state index contributed by atoms with van der Waals surface area (Å²) >= 11 is 3.30. The van der Waals surface area contributed by atoms with Crippen LogP contribution in [0.15, 0.2) is 22.7 Å². The number of hydrogen-bond donors (Lipinski definition) is 2. The number of carbonyl (C=O) groups is 1. The van der Waals surface area contributed by atoms with Crippen LogP contribution in [0.25, 0.3) is 22.3 Å². The number of phenolic OH excluding ortho intramolecular Hbond substituents is 1. The summed E-state index contributed by atoms with van der Waals surface area (Å²) in [6, 6.07) is 5.02. The van der Waals surface area contributed by atoms with Gasteiger partial charge >= 0.3 is 5.97 Å². The van der Waals surface area contributed by atoms with Crippen molar-refractivity contribution in [2.75, 3.05) is 27.1 Å². The average Bonchev–Trinajstić information content (AvgIpc) is 2.69. The maximum absolute atomic E-state index is 12.0. The molecule has 0 saturated carbocycles. The van der Waals surface area contributed by atoms with E-state index in [0.717, 1.165) is 0 Å². The van der Waals surface area contributed by atoms with Gasteiger partial charge in [-0.1, -0.05) is 0 Å². The minimum atomic E-state index is -0.573. The molecule has 146 valence electrons. The van der Waals surface area contributed by atoms with Crippen LogP contribution in [0.1, 0.15) is 16.1 Å². The van der Waals surface area contributed by atoms with Gasteiger partial charge in [-0.05, 0) is 46.6 Å². The summed E-state index contributed by atoms with van der Waals surface area (Å²) in [6.45, 7) is 1.72. The number of nitrogens with zero attached hydrogens (tertiary/aromatic N) is 2. The monoisotopic (exact) mass is 447 g/mol. The van der Waals surface area contributed by atoms with Gasteiger partial charge in [0.05, 0.1) is 38.1 Å². The third-order valence-corrected chi connectivity index (χ3v) is 4.99. The minimum Gasteiger partial charge on any atom is -0.504 e. The summed E-state index contributed by atoms with van der Waals surface area (Å²) in [5.41, 5.74) is 8.13. The number of pyridine rings is 2. The van der Waals surface area contributed by atoms with Gasteiger partial charge in [0.2, 0.25) is 0 Å². The molecule has 0 atom stereocenters. The fraction of sp³-hybridized carbons (Fsp3) is 0.211. The minimum absolute atomic E-state index is 0.117. The van der Waals surface area contributed by atoms with E-state index >= 15 is 0 Å². The Balaban J connectivity index is 2.29. The number of aryl methyl sites for hydroxylation is 1. The van der Waals surface area contributed by atoms with Gasteiger partial charge in [0.25, 0.3) is 0 Å². The second-order valence-corrected chi connectivity index (χ2v) is 6.70. The Kier molecular flexibility index (Phi) is 5.28. The molecule has 0 radical (unpaired) electrons. The highest BCUT2D eigenvalue weighted by atomic mass is 79.9. The van der Waals surface area contributed by atoms with Crippen molar-refractivity contribution in [2.24, 2.45) is 0 Å². The molecule has 0 aliphatic heterocycles. The van der Waals surface area contributed by atoms with Gasteiger partial charge in [-0.3, -0.25) is 0 Å². The van der Waals surface area contributed by atoms with Crippen LogP contribution < -0.4 is 15.2 Å². The molecule has 0 unspecified atom stereocenters. The van der Waals surface area contributed by atoms with E-state index in [4.69, 9.17) is 19.9 Å². The van der Waals surface area contributed by atoms with Gasteiger partial charge in [-0.25, -0.2) is 14.8 Å². The number of anilines is 1. The van der Waals surface area contributed by atoms with Crippen LogP contribution in [0, 0.1) is 6.92 Å². The first kappa shape index (κ1) is 19.7. The molecule has 0 fully saturated rings. The van der Waals surface area contributed by atoms with Crippen LogP contribution in [-0.2, 0) is 4.74 Å². The number of nitrogen functional groups attached to an aromatic ring is 1. The largest absolute Gasteiger partial charge is 0.504 e. The first-order chi connectivity index (χ1) is 13.3. The van der Waals surface area contributed by atoms with Crippen molar-refractivity contribution in [3.63, 3.8) is 0 Å². The smallest absolute Gasteiger partial charge is 0.356 e. The molecule has 0 aliphatic carbocycles. The van der Waals surface area contributed by atoms with Crippen molar-refractivity contribution in [1.29, 1.82) is 0 Å². The number of benzene rings is 1. The maximum Gasteiger partial charge on any atom is 0.356 e. The number of carbonyl (C=O) groups excluding carboxylic acids is 1. The lowest BCUT2D eigenvalue weighted by atomic mass is 10.1. The molecular weight excluding hydrogens is 430 g/mol. The summed E-state index contributed by atoms with van der Waals surface area (Å²) in [5, 5.41) is 11.1. The van der Waals surface area contributed by atoms with E-state index in [1.165, 1.54) is 21.3 Å². The molecule has 8 nitrogen and oxygen atoms in total. The second kappa shape index (κ2) is 7.51. The lowest BCUT2D eigenvalue weighted by molar-refractivity contribution is 0.0593. The molecular formula is C19H18BrN3O5. The highest BCUT2D eigenvalue weighted by molar-refractivity contribution is 9.10. The van der Waals surface area contributed by atoms with Crippen molar-refractivity contribution >= 4 is 38.5 Å². The number of fused-ring (bicyclic) bond motifs is 1. The number of halogens is 1. The molecule has 9 heteroatoms. The van der Waals surface area contributed by atoms with E-state index < -0.39 is 5.97 Å². The third-order valence-electron chi connectivity index (χ3n) is 4.25. The van der Waals surface area contributed by atoms with E-state index in [2.05, 4.69) is 25.9 Å². The number of aromatic nitrogens is 2. The number of nitrogens with two attached hydrogens (primary N) is 1. The first-order valence-corrected chi connectivity index (χ1v) is 8.92. The second-order valence-electron chi connectivity index (χ2n) is 5.91. The molecule has 3 N–H and O–H groups in total. The Morgan fingerprint density at radius 2 is 1.82 bits per heavy atom. The molecule has 3 aromatic rings. The van der Waals surface area contributed by atoms with Gasteiger partial charge in [0, 0.05) is 0 Å². The number of hydrogen-bond acceptors (Lipinski definition) is 8. The van der Waals surface area contributed by atoms with Gasteiger partial charge in [0.15, 0.2) is 22.9 Å². The van der Waals surface area contributed by atoms with Gasteiger partial charge < -0.3 is 25.1 Å². The fourth-order valence-electron chi connectivity index (χ4n) is 2.92. The topological polar surface area (TPSA) is 117 Å². The van der Waals surface area contributed by atoms with E-state index in [0.29, 0.717) is 44.0 Å². The predicted molar refractivity (Wildman–Crippen MR) is 108 cm³/mol. The van der Waals surface area contributed by atoms with Crippen LogP contribution in [0.3, 0.4) is 0 Å². The highest BCUT2D eigenvalue weighted by Crippen LogP contribution is 2.48. The molecule has 28 heavy (non-hydrogen) atoms. The fourth-order valence-corrected chi connectivity index (χ4v) is 3.45. The SMILES string of the molecule is COC(=O)c1nc(-c2ccc3c(OC)c(OC)c(Br)c(O)c3n2)c(N)cc1C. The Hall–Kier alpha value is -3.07. The lowest BCUT2D eigenvalue weighted by Gasteiger charge is -2.15. The van der Waals surface area contributed by atoms with E-state index in [9.17, 15) is 9.90 Å². The molecule has 0 saturated heterocycles. The van der Waals surface area contributed by atoms with Gasteiger partial charge in [-0.15, -0.1) is 0 Å². The summed E-state index contributed by atoms with van der Waals surface area (Å²) in [4.78, 5) is 20.8. The number of phenols is 1. The average molecular weight is 448 g/mol. The van der Waals surface area contributed by atoms with Crippen LogP contribution in [0.4, 0.5) is 5.69 Å². The standard InChI is InChI=1S/C19H18BrN3O5/c1-8-7-10(21)15(23-13(8)19(25)28-4)11-6-5-9-14(22-11)16(24)12(20)18(27-3)17(9)26-2/h5-7,24H,21H2,1-4H3. The summed E-state index contributed by atoms with van der Waals surface area (Å²) in [7, 11) is 4.25. The number of rotatable bonds is 4. The summed E-state index contributed by atoms with van der Waals surface area (Å²) in [5.74, 6) is 0.0780. The first-order valence-electron chi connectivity index (χ1n) is 8.12. The predicted octanol–water partition coefficient (Wildman–Crippen LogP) is 3.46. The number of esters is 1. The molecule has 2 aromatic heterocycles. The highest BCUT2D eigenvalue weighted by Gasteiger charge is 2.22. The third kappa shape index (κ3) is 3.07. The zero-order valence-corrected chi connectivity index (χ0v) is 17.2. The number of methoxy groups -OCH3 is 3. The lowest BCUT2D eigenvalue weighted by Crippen LogP contribution is -2.09. The maximum atomic E-state index is 12.0. The zero-order valence-electron chi connectivity index (χ0n) is 15.7. The van der Waals surface area contributed by atoms with Crippen LogP contribution >= 0.6 is 15.9 Å². The van der Waals surface area contributed by atoms with Crippen molar-refractivity contribution in [2.45, 2.75) is 6.92 Å². The molecule has 0 spiro atoms. The zero-order chi connectivity index (χ0) is 20.6. The van der Waals surface area contributed by atoms with E-state index in [1.807, 2.05) is 0 Å². The Bertz CT molecular complexity index is 1100. The Labute approximate surface area is 169 Å². The quantitative estimate of drug-likeness (QED) is 0.583. The van der Waals surface area contributed by atoms with Gasteiger partial charge in [0.1, 0.15) is 15.7 Å². The normalized spacial score (nSPS) is 10.8. The Morgan fingerprint density at radius 1 is 1.14 bits per heavy atom. The van der Waals surface area contributed by atoms with Gasteiger partial charge in [-0.2, -0.15) is 0 Å². The molecule has 0 bridgehead atoms. The molecule has 0 amide bonds. The van der Waals surface area contributed by atoms with Crippen molar-refractivity contribution < 1.29 is 24.1 Å². The van der Waals surface area contributed by atoms with Crippen LogP contribution in [0.5, 0.6) is 17.2 Å². The van der Waals surface area contributed by atoms with Crippen molar-refractivity contribution in [3.8, 4) is 28.6 Å². The molecule has 0 aliphatic rings. The van der Waals surface area contributed by atoms with Crippen molar-refractivity contribution in [1.82, 2.24) is 9.97 Å². The molecule has 3 rings (SSSR count). The summed E-state index contributed by atoms with van der Waals surface area (Å²) in [6.07, 6.45) is 0. The molecule has 2 heterocycles. The number of aromatic hydroxyl groups is 1. The van der Waals surface area contributed by atoms with Crippen LogP contribution in [-0.4, -0.2) is 42.4 Å². The van der Waals surface area contributed by atoms with Crippen LogP contribution in [0.2, 0.25) is 0 Å². The van der Waals surface area contributed by atoms with E-state index in [1.54, 1.807) is 25.1 Å².